The van der Waals surface area contributed by atoms with Crippen LogP contribution in [-0.4, -0.2) is 16.1 Å². The Balaban J connectivity index is 2.24. The van der Waals surface area contributed by atoms with Gasteiger partial charge < -0.3 is 5.32 Å². The van der Waals surface area contributed by atoms with Crippen LogP contribution < -0.4 is 5.32 Å². The standard InChI is InChI=1S/C11H9BrFN3O/c1-6-8(5-14-16-6)11(17)15-10-4-7(13)2-3-9(10)12/h2-5H,1H3,(H,14,16)(H,15,17). The normalized spacial score (nSPS) is 10.3. The second kappa shape index (κ2) is 4.67. The van der Waals surface area contributed by atoms with E-state index < -0.39 is 5.82 Å². The van der Waals surface area contributed by atoms with Crippen LogP contribution in [0.4, 0.5) is 10.1 Å². The molecule has 0 aliphatic carbocycles. The van der Waals surface area contributed by atoms with Gasteiger partial charge in [-0.05, 0) is 41.1 Å². The lowest BCUT2D eigenvalue weighted by molar-refractivity contribution is 0.102. The highest BCUT2D eigenvalue weighted by Gasteiger charge is 2.12. The third kappa shape index (κ3) is 2.52. The summed E-state index contributed by atoms with van der Waals surface area (Å²) in [5.74, 6) is -0.741. The number of aromatic amines is 1. The number of anilines is 1. The van der Waals surface area contributed by atoms with Crippen molar-refractivity contribution in [1.82, 2.24) is 10.2 Å². The molecule has 0 fully saturated rings. The number of amides is 1. The van der Waals surface area contributed by atoms with Gasteiger partial charge in [-0.1, -0.05) is 0 Å². The smallest absolute Gasteiger partial charge is 0.259 e. The van der Waals surface area contributed by atoms with E-state index in [1.54, 1.807) is 6.92 Å². The molecule has 17 heavy (non-hydrogen) atoms. The fourth-order valence-electron chi connectivity index (χ4n) is 1.36. The molecule has 0 atom stereocenters. The van der Waals surface area contributed by atoms with Crippen molar-refractivity contribution in [3.63, 3.8) is 0 Å². The summed E-state index contributed by atoms with van der Waals surface area (Å²) in [7, 11) is 0. The van der Waals surface area contributed by atoms with Gasteiger partial charge in [-0.25, -0.2) is 4.39 Å². The molecule has 1 aromatic heterocycles. The topological polar surface area (TPSA) is 57.8 Å². The Labute approximate surface area is 105 Å². The van der Waals surface area contributed by atoms with Crippen LogP contribution >= 0.6 is 15.9 Å². The molecular weight excluding hydrogens is 289 g/mol. The molecule has 0 saturated heterocycles. The molecule has 2 aromatic rings. The van der Waals surface area contributed by atoms with E-state index in [2.05, 4.69) is 31.4 Å². The fourth-order valence-corrected chi connectivity index (χ4v) is 1.71. The molecule has 0 aliphatic heterocycles. The third-order valence-corrected chi connectivity index (χ3v) is 2.94. The summed E-state index contributed by atoms with van der Waals surface area (Å²) in [6.07, 6.45) is 1.43. The Hall–Kier alpha value is -1.69. The number of halogens is 2. The lowest BCUT2D eigenvalue weighted by Crippen LogP contribution is -2.12. The first-order valence-electron chi connectivity index (χ1n) is 4.84. The van der Waals surface area contributed by atoms with E-state index >= 15 is 0 Å². The molecule has 88 valence electrons. The number of nitrogens with zero attached hydrogens (tertiary/aromatic N) is 1. The van der Waals surface area contributed by atoms with Crippen molar-refractivity contribution in [3.05, 3.63) is 45.9 Å². The van der Waals surface area contributed by atoms with Gasteiger partial charge in [0, 0.05) is 10.2 Å². The maximum Gasteiger partial charge on any atom is 0.259 e. The number of carbonyl (C=O) groups is 1. The molecule has 0 unspecified atom stereocenters. The molecule has 1 aromatic carbocycles. The molecule has 4 nitrogen and oxygen atoms in total. The molecule has 0 spiro atoms. The summed E-state index contributed by atoms with van der Waals surface area (Å²) >= 11 is 3.24. The first-order chi connectivity index (χ1) is 8.08. The minimum absolute atomic E-state index is 0.331. The summed E-state index contributed by atoms with van der Waals surface area (Å²) in [6.45, 7) is 1.74. The Morgan fingerprint density at radius 1 is 1.53 bits per heavy atom. The summed E-state index contributed by atoms with van der Waals surface area (Å²) in [4.78, 5) is 11.8. The summed E-state index contributed by atoms with van der Waals surface area (Å²) < 4.78 is 13.6. The number of hydrogen-bond acceptors (Lipinski definition) is 2. The van der Waals surface area contributed by atoms with Gasteiger partial charge in [0.25, 0.3) is 5.91 Å². The quantitative estimate of drug-likeness (QED) is 0.895. The van der Waals surface area contributed by atoms with Gasteiger partial charge in [-0.2, -0.15) is 5.10 Å². The molecule has 0 aliphatic rings. The predicted molar refractivity (Wildman–Crippen MR) is 65.4 cm³/mol. The molecule has 1 heterocycles. The van der Waals surface area contributed by atoms with Gasteiger partial charge in [0.2, 0.25) is 0 Å². The number of H-pyrrole nitrogens is 1. The zero-order chi connectivity index (χ0) is 12.4. The molecule has 2 rings (SSSR count). The van der Waals surface area contributed by atoms with Crippen LogP contribution in [-0.2, 0) is 0 Å². The maximum absolute atomic E-state index is 13.0. The Kier molecular flexibility index (Phi) is 3.23. The van der Waals surface area contributed by atoms with E-state index in [1.807, 2.05) is 0 Å². The fraction of sp³-hybridized carbons (Fsp3) is 0.0909. The van der Waals surface area contributed by atoms with E-state index in [9.17, 15) is 9.18 Å². The number of hydrogen-bond donors (Lipinski definition) is 2. The zero-order valence-corrected chi connectivity index (χ0v) is 10.5. The van der Waals surface area contributed by atoms with Crippen molar-refractivity contribution in [1.29, 1.82) is 0 Å². The minimum Gasteiger partial charge on any atom is -0.321 e. The molecular formula is C11H9BrFN3O. The lowest BCUT2D eigenvalue weighted by atomic mass is 10.2. The van der Waals surface area contributed by atoms with Crippen molar-refractivity contribution in [2.24, 2.45) is 0 Å². The van der Waals surface area contributed by atoms with E-state index in [4.69, 9.17) is 0 Å². The van der Waals surface area contributed by atoms with Crippen molar-refractivity contribution in [2.45, 2.75) is 6.92 Å². The van der Waals surface area contributed by atoms with Crippen LogP contribution in [0, 0.1) is 12.7 Å². The second-order valence-corrected chi connectivity index (χ2v) is 4.34. The van der Waals surface area contributed by atoms with Crippen LogP contribution in [0.3, 0.4) is 0 Å². The lowest BCUT2D eigenvalue weighted by Gasteiger charge is -2.06. The molecule has 0 saturated carbocycles. The highest BCUT2D eigenvalue weighted by Crippen LogP contribution is 2.23. The third-order valence-electron chi connectivity index (χ3n) is 2.25. The predicted octanol–water partition coefficient (Wildman–Crippen LogP) is 2.87. The largest absolute Gasteiger partial charge is 0.321 e. The first kappa shape index (κ1) is 11.8. The van der Waals surface area contributed by atoms with Crippen molar-refractivity contribution < 1.29 is 9.18 Å². The molecule has 6 heteroatoms. The molecule has 2 N–H and O–H groups in total. The molecule has 0 radical (unpaired) electrons. The number of benzene rings is 1. The average molecular weight is 298 g/mol. The van der Waals surface area contributed by atoms with Gasteiger partial charge in [0.05, 0.1) is 17.4 Å². The van der Waals surface area contributed by atoms with Crippen molar-refractivity contribution >= 4 is 27.5 Å². The van der Waals surface area contributed by atoms with Crippen LogP contribution in [0.2, 0.25) is 0 Å². The zero-order valence-electron chi connectivity index (χ0n) is 8.92. The van der Waals surface area contributed by atoms with E-state index in [1.165, 1.54) is 24.4 Å². The number of nitrogens with one attached hydrogen (secondary N) is 2. The molecule has 1 amide bonds. The second-order valence-electron chi connectivity index (χ2n) is 3.49. The summed E-state index contributed by atoms with van der Waals surface area (Å²) in [5, 5.41) is 9.03. The Bertz CT molecular complexity index is 568. The van der Waals surface area contributed by atoms with Gasteiger partial charge in [-0.15, -0.1) is 0 Å². The van der Waals surface area contributed by atoms with Gasteiger partial charge in [0.1, 0.15) is 5.82 Å². The summed E-state index contributed by atoms with van der Waals surface area (Å²) in [6, 6.07) is 4.09. The van der Waals surface area contributed by atoms with Gasteiger partial charge >= 0.3 is 0 Å². The number of aromatic nitrogens is 2. The minimum atomic E-state index is -0.410. The monoisotopic (exact) mass is 297 g/mol. The first-order valence-corrected chi connectivity index (χ1v) is 5.63. The SMILES string of the molecule is Cc1[nH]ncc1C(=O)Nc1cc(F)ccc1Br. The van der Waals surface area contributed by atoms with E-state index in [0.717, 1.165) is 0 Å². The Morgan fingerprint density at radius 2 is 2.29 bits per heavy atom. The summed E-state index contributed by atoms with van der Waals surface area (Å²) in [5.41, 5.74) is 1.48. The average Bonchev–Trinajstić information content (AvgIpc) is 2.70. The van der Waals surface area contributed by atoms with Crippen LogP contribution in [0.15, 0.2) is 28.9 Å². The van der Waals surface area contributed by atoms with Crippen molar-refractivity contribution in [3.8, 4) is 0 Å². The number of rotatable bonds is 2. The van der Waals surface area contributed by atoms with Crippen LogP contribution in [0.5, 0.6) is 0 Å². The molecule has 0 bridgehead atoms. The van der Waals surface area contributed by atoms with Crippen LogP contribution in [0.25, 0.3) is 0 Å². The number of carbonyl (C=O) groups excluding carboxylic acids is 1. The maximum atomic E-state index is 13.0. The Morgan fingerprint density at radius 3 is 2.94 bits per heavy atom. The van der Waals surface area contributed by atoms with Gasteiger partial charge in [0.15, 0.2) is 0 Å². The van der Waals surface area contributed by atoms with E-state index in [-0.39, 0.29) is 5.91 Å². The number of aryl methyl sites for hydroxylation is 1. The van der Waals surface area contributed by atoms with Crippen molar-refractivity contribution in [2.75, 3.05) is 5.32 Å². The van der Waals surface area contributed by atoms with Crippen LogP contribution in [0.1, 0.15) is 16.1 Å². The highest BCUT2D eigenvalue weighted by molar-refractivity contribution is 9.10. The highest BCUT2D eigenvalue weighted by atomic mass is 79.9. The van der Waals surface area contributed by atoms with Gasteiger partial charge in [-0.3, -0.25) is 9.89 Å². The van der Waals surface area contributed by atoms with E-state index in [0.29, 0.717) is 21.4 Å².